The molecule has 110 valence electrons. The number of rotatable bonds is 4. The Bertz CT molecular complexity index is 553. The molecule has 0 saturated carbocycles. The molecule has 0 aromatic carbocycles. The fourth-order valence-corrected chi connectivity index (χ4v) is 3.97. The molecule has 1 saturated heterocycles. The topological polar surface area (TPSA) is 46.0 Å². The van der Waals surface area contributed by atoms with Gasteiger partial charge in [0.1, 0.15) is 0 Å². The van der Waals surface area contributed by atoms with E-state index in [9.17, 15) is 0 Å². The summed E-state index contributed by atoms with van der Waals surface area (Å²) >= 11 is 1.71. The van der Waals surface area contributed by atoms with Crippen LogP contribution >= 0.6 is 11.3 Å². The number of hydrogen-bond acceptors (Lipinski definition) is 5. The van der Waals surface area contributed by atoms with Gasteiger partial charge in [-0.3, -0.25) is 0 Å². The number of nitrogens with one attached hydrogen (secondary N) is 1. The summed E-state index contributed by atoms with van der Waals surface area (Å²) in [7, 11) is 4.20. The molecule has 1 N–H and O–H groups in total. The predicted molar refractivity (Wildman–Crippen MR) is 84.5 cm³/mol. The number of nitrogens with zero attached hydrogens (tertiary/aromatic N) is 4. The molecule has 0 spiro atoms. The number of thiazole rings is 1. The van der Waals surface area contributed by atoms with Gasteiger partial charge in [0.15, 0.2) is 10.8 Å². The van der Waals surface area contributed by atoms with Crippen LogP contribution in [0, 0.1) is 6.92 Å². The molecule has 0 bridgehead atoms. The standard InChI is InChI=1S/C14H23N5S/c1-10-12-13(19(3)17-10)16-14(20-12)15-8-7-11-6-4-5-9-18(11)2/h11H,4-9H2,1-3H3,(H,15,16)/t11-/m1/s1. The van der Waals surface area contributed by atoms with E-state index < -0.39 is 0 Å². The van der Waals surface area contributed by atoms with Crippen molar-refractivity contribution in [3.63, 3.8) is 0 Å². The molecule has 3 rings (SSSR count). The van der Waals surface area contributed by atoms with Crippen molar-refractivity contribution in [2.24, 2.45) is 7.05 Å². The van der Waals surface area contributed by atoms with E-state index in [1.54, 1.807) is 11.3 Å². The van der Waals surface area contributed by atoms with Crippen molar-refractivity contribution in [1.82, 2.24) is 19.7 Å². The van der Waals surface area contributed by atoms with Crippen molar-refractivity contribution >= 4 is 26.8 Å². The molecule has 1 aliphatic rings. The zero-order valence-electron chi connectivity index (χ0n) is 12.5. The summed E-state index contributed by atoms with van der Waals surface area (Å²) in [6.07, 6.45) is 5.26. The highest BCUT2D eigenvalue weighted by atomic mass is 32.1. The van der Waals surface area contributed by atoms with E-state index in [2.05, 4.69) is 27.3 Å². The maximum atomic E-state index is 4.63. The molecule has 0 radical (unpaired) electrons. The minimum absolute atomic E-state index is 0.731. The molecule has 20 heavy (non-hydrogen) atoms. The summed E-state index contributed by atoms with van der Waals surface area (Å²) in [6, 6.07) is 0.731. The minimum Gasteiger partial charge on any atom is -0.361 e. The van der Waals surface area contributed by atoms with Gasteiger partial charge in [0.25, 0.3) is 0 Å². The molecule has 6 heteroatoms. The maximum absolute atomic E-state index is 4.63. The third-order valence-electron chi connectivity index (χ3n) is 4.22. The van der Waals surface area contributed by atoms with Crippen molar-refractivity contribution < 1.29 is 0 Å². The summed E-state index contributed by atoms with van der Waals surface area (Å²) in [6.45, 7) is 4.29. The van der Waals surface area contributed by atoms with Gasteiger partial charge in [0.2, 0.25) is 0 Å². The zero-order chi connectivity index (χ0) is 14.1. The molecule has 2 aromatic heterocycles. The quantitative estimate of drug-likeness (QED) is 0.941. The first-order valence-electron chi connectivity index (χ1n) is 7.39. The Hall–Kier alpha value is -1.14. The highest BCUT2D eigenvalue weighted by Crippen LogP contribution is 2.28. The van der Waals surface area contributed by atoms with Crippen molar-refractivity contribution in [3.05, 3.63) is 5.69 Å². The highest BCUT2D eigenvalue weighted by molar-refractivity contribution is 7.22. The number of aromatic nitrogens is 3. The number of piperidine rings is 1. The largest absolute Gasteiger partial charge is 0.361 e. The molecule has 0 amide bonds. The van der Waals surface area contributed by atoms with Crippen LogP contribution in [0.4, 0.5) is 5.13 Å². The second-order valence-electron chi connectivity index (χ2n) is 5.73. The van der Waals surface area contributed by atoms with Crippen LogP contribution in [-0.4, -0.2) is 45.8 Å². The van der Waals surface area contributed by atoms with Gasteiger partial charge >= 0.3 is 0 Å². The summed E-state index contributed by atoms with van der Waals surface area (Å²) in [4.78, 5) is 7.13. The normalized spacial score (nSPS) is 20.6. The fourth-order valence-electron chi connectivity index (χ4n) is 3.02. The van der Waals surface area contributed by atoms with Crippen LogP contribution in [0.3, 0.4) is 0 Å². The molecule has 0 aliphatic carbocycles. The summed E-state index contributed by atoms with van der Waals surface area (Å²) in [5.41, 5.74) is 2.06. The smallest absolute Gasteiger partial charge is 0.185 e. The number of likely N-dealkylation sites (tertiary alicyclic amines) is 1. The second-order valence-corrected chi connectivity index (χ2v) is 6.73. The third kappa shape index (κ3) is 2.67. The lowest BCUT2D eigenvalue weighted by atomic mass is 10.0. The lowest BCUT2D eigenvalue weighted by molar-refractivity contribution is 0.179. The number of fused-ring (bicyclic) bond motifs is 1. The Balaban J connectivity index is 1.58. The number of anilines is 1. The molecule has 1 fully saturated rings. The molecule has 5 nitrogen and oxygen atoms in total. The van der Waals surface area contributed by atoms with Gasteiger partial charge in [-0.1, -0.05) is 17.8 Å². The van der Waals surface area contributed by atoms with E-state index >= 15 is 0 Å². The van der Waals surface area contributed by atoms with Crippen molar-refractivity contribution in [2.45, 2.75) is 38.6 Å². The van der Waals surface area contributed by atoms with Gasteiger partial charge in [0, 0.05) is 19.6 Å². The van der Waals surface area contributed by atoms with Crippen LogP contribution in [0.1, 0.15) is 31.4 Å². The van der Waals surface area contributed by atoms with Gasteiger partial charge in [-0.2, -0.15) is 5.10 Å². The fraction of sp³-hybridized carbons (Fsp3) is 0.714. The minimum atomic E-state index is 0.731. The van der Waals surface area contributed by atoms with E-state index in [4.69, 9.17) is 0 Å². The lowest BCUT2D eigenvalue weighted by Crippen LogP contribution is -2.37. The average molecular weight is 293 g/mol. The average Bonchev–Trinajstić information content (AvgIpc) is 2.95. The summed E-state index contributed by atoms with van der Waals surface area (Å²) < 4.78 is 3.06. The maximum Gasteiger partial charge on any atom is 0.185 e. The highest BCUT2D eigenvalue weighted by Gasteiger charge is 2.18. The zero-order valence-corrected chi connectivity index (χ0v) is 13.3. The molecule has 3 heterocycles. The Morgan fingerprint density at radius 2 is 2.20 bits per heavy atom. The molecule has 0 unspecified atom stereocenters. The van der Waals surface area contributed by atoms with Crippen LogP contribution in [0.2, 0.25) is 0 Å². The molecular weight excluding hydrogens is 270 g/mol. The SMILES string of the molecule is Cc1nn(C)c2nc(NCC[C@H]3CCCCN3C)sc12. The first kappa shape index (κ1) is 13.8. The predicted octanol–water partition coefficient (Wildman–Crippen LogP) is 2.62. The van der Waals surface area contributed by atoms with E-state index in [0.29, 0.717) is 0 Å². The van der Waals surface area contributed by atoms with Crippen molar-refractivity contribution in [2.75, 3.05) is 25.5 Å². The lowest BCUT2D eigenvalue weighted by Gasteiger charge is -2.32. The van der Waals surface area contributed by atoms with Crippen molar-refractivity contribution in [3.8, 4) is 0 Å². The van der Waals surface area contributed by atoms with Crippen LogP contribution in [0.15, 0.2) is 0 Å². The van der Waals surface area contributed by atoms with Gasteiger partial charge in [0.05, 0.1) is 10.4 Å². The Morgan fingerprint density at radius 3 is 2.95 bits per heavy atom. The number of aryl methyl sites for hydroxylation is 2. The van der Waals surface area contributed by atoms with Gasteiger partial charge < -0.3 is 10.2 Å². The molecule has 1 aliphatic heterocycles. The molecule has 1 atom stereocenters. The second kappa shape index (κ2) is 5.69. The first-order chi connectivity index (χ1) is 9.65. The van der Waals surface area contributed by atoms with Crippen molar-refractivity contribution in [1.29, 1.82) is 0 Å². The van der Waals surface area contributed by atoms with Crippen LogP contribution < -0.4 is 5.32 Å². The Morgan fingerprint density at radius 1 is 1.35 bits per heavy atom. The monoisotopic (exact) mass is 293 g/mol. The van der Waals surface area contributed by atoms with E-state index in [1.165, 1.54) is 36.9 Å². The number of hydrogen-bond donors (Lipinski definition) is 1. The van der Waals surface area contributed by atoms with E-state index in [0.717, 1.165) is 29.1 Å². The molecular formula is C14H23N5S. The van der Waals surface area contributed by atoms with Gasteiger partial charge in [-0.05, 0) is 39.8 Å². The summed E-state index contributed by atoms with van der Waals surface area (Å²) in [5, 5.41) is 8.89. The summed E-state index contributed by atoms with van der Waals surface area (Å²) in [5.74, 6) is 0. The first-order valence-corrected chi connectivity index (χ1v) is 8.21. The van der Waals surface area contributed by atoms with Gasteiger partial charge in [-0.25, -0.2) is 9.67 Å². The third-order valence-corrected chi connectivity index (χ3v) is 5.33. The van der Waals surface area contributed by atoms with E-state index in [-0.39, 0.29) is 0 Å². The Labute approximate surface area is 124 Å². The van der Waals surface area contributed by atoms with Crippen LogP contribution in [0.5, 0.6) is 0 Å². The Kier molecular flexibility index (Phi) is 3.94. The van der Waals surface area contributed by atoms with Gasteiger partial charge in [-0.15, -0.1) is 0 Å². The molecule has 2 aromatic rings. The van der Waals surface area contributed by atoms with E-state index in [1.807, 2.05) is 18.7 Å². The van der Waals surface area contributed by atoms with Crippen LogP contribution in [0.25, 0.3) is 10.3 Å². The van der Waals surface area contributed by atoms with Crippen LogP contribution in [-0.2, 0) is 7.05 Å².